The Balaban J connectivity index is 1.28. The monoisotopic (exact) mass is 300 g/mol. The summed E-state index contributed by atoms with van der Waals surface area (Å²) in [4.78, 5) is 2.66. The summed E-state index contributed by atoms with van der Waals surface area (Å²) in [7, 11) is 0. The minimum atomic E-state index is 0.643. The van der Waals surface area contributed by atoms with Crippen LogP contribution >= 0.6 is 0 Å². The molecule has 1 aliphatic carbocycles. The van der Waals surface area contributed by atoms with Crippen molar-refractivity contribution in [3.05, 3.63) is 23.3 Å². The first kappa shape index (κ1) is 14.4. The normalized spacial score (nSPS) is 23.5. The van der Waals surface area contributed by atoms with Crippen molar-refractivity contribution in [2.24, 2.45) is 0 Å². The van der Waals surface area contributed by atoms with Gasteiger partial charge in [-0.05, 0) is 64.5 Å². The van der Waals surface area contributed by atoms with Crippen LogP contribution in [-0.2, 0) is 13.0 Å². The largest absolute Gasteiger partial charge is 0.315 e. The lowest BCUT2D eigenvalue weighted by Gasteiger charge is -2.32. The van der Waals surface area contributed by atoms with Gasteiger partial charge in [0.2, 0.25) is 0 Å². The molecule has 4 rings (SSSR count). The fraction of sp³-hybridized carbons (Fsp3) is 0.778. The molecule has 1 saturated heterocycles. The lowest BCUT2D eigenvalue weighted by atomic mass is 9.94. The predicted molar refractivity (Wildman–Crippen MR) is 87.9 cm³/mol. The maximum absolute atomic E-state index is 4.49. The minimum Gasteiger partial charge on any atom is -0.315 e. The second-order valence-electron chi connectivity index (χ2n) is 7.20. The number of hydrogen-bond acceptors (Lipinski definition) is 3. The first-order chi connectivity index (χ1) is 10.9. The van der Waals surface area contributed by atoms with Crippen LogP contribution in [0.25, 0.3) is 0 Å². The van der Waals surface area contributed by atoms with Crippen molar-refractivity contribution >= 4 is 0 Å². The van der Waals surface area contributed by atoms with Gasteiger partial charge in [0.25, 0.3) is 0 Å². The summed E-state index contributed by atoms with van der Waals surface area (Å²) >= 11 is 0. The lowest BCUT2D eigenvalue weighted by Crippen LogP contribution is -2.34. The maximum atomic E-state index is 4.49. The summed E-state index contributed by atoms with van der Waals surface area (Å²) in [6.45, 7) is 4.88. The van der Waals surface area contributed by atoms with Gasteiger partial charge in [-0.15, -0.1) is 10.2 Å². The summed E-state index contributed by atoms with van der Waals surface area (Å²) in [6, 6.07) is 0. The number of hydrogen-bond donors (Lipinski definition) is 0. The maximum Gasteiger partial charge on any atom is 0.136 e. The first-order valence-electron chi connectivity index (χ1n) is 9.22. The third-order valence-electron chi connectivity index (χ3n) is 5.73. The third kappa shape index (κ3) is 2.98. The van der Waals surface area contributed by atoms with E-state index in [1.807, 2.05) is 0 Å². The molecule has 0 bridgehead atoms. The molecular formula is C18H28N4. The highest BCUT2D eigenvalue weighted by atomic mass is 15.3. The van der Waals surface area contributed by atoms with Gasteiger partial charge in [0.15, 0.2) is 0 Å². The Labute approximate surface area is 133 Å². The quantitative estimate of drug-likeness (QED) is 0.800. The van der Waals surface area contributed by atoms with Crippen LogP contribution < -0.4 is 0 Å². The standard InChI is InChI=1S/C18H28N4/c1-2-5-15(6-3-1)8-12-21-13-9-16(10-14-21)18-20-19-17-7-4-11-22(17)18/h5,16H,1-4,6-14H2. The molecule has 4 nitrogen and oxygen atoms in total. The van der Waals surface area contributed by atoms with Crippen LogP contribution in [0.5, 0.6) is 0 Å². The molecule has 0 unspecified atom stereocenters. The lowest BCUT2D eigenvalue weighted by molar-refractivity contribution is 0.209. The van der Waals surface area contributed by atoms with Crippen LogP contribution in [0.3, 0.4) is 0 Å². The van der Waals surface area contributed by atoms with E-state index < -0.39 is 0 Å². The molecule has 3 heterocycles. The van der Waals surface area contributed by atoms with Crippen molar-refractivity contribution in [3.8, 4) is 0 Å². The zero-order chi connectivity index (χ0) is 14.8. The summed E-state index contributed by atoms with van der Waals surface area (Å²) in [6.07, 6.45) is 14.2. The van der Waals surface area contributed by atoms with Crippen molar-refractivity contribution < 1.29 is 0 Å². The Morgan fingerprint density at radius 2 is 1.91 bits per heavy atom. The van der Waals surface area contributed by atoms with Gasteiger partial charge in [-0.25, -0.2) is 0 Å². The number of fused-ring (bicyclic) bond motifs is 1. The average molecular weight is 300 g/mol. The van der Waals surface area contributed by atoms with Crippen molar-refractivity contribution in [3.63, 3.8) is 0 Å². The summed E-state index contributed by atoms with van der Waals surface area (Å²) in [5, 5.41) is 8.87. The molecule has 0 aromatic carbocycles. The molecule has 2 aliphatic heterocycles. The summed E-state index contributed by atoms with van der Waals surface area (Å²) in [5.74, 6) is 3.15. The van der Waals surface area contributed by atoms with Gasteiger partial charge in [0.05, 0.1) is 0 Å². The molecule has 0 amide bonds. The second-order valence-corrected chi connectivity index (χ2v) is 7.20. The Morgan fingerprint density at radius 3 is 2.73 bits per heavy atom. The van der Waals surface area contributed by atoms with E-state index in [0.29, 0.717) is 5.92 Å². The molecule has 0 spiro atoms. The molecule has 120 valence electrons. The van der Waals surface area contributed by atoms with Gasteiger partial charge in [0.1, 0.15) is 11.6 Å². The number of aromatic nitrogens is 3. The molecule has 0 saturated carbocycles. The highest BCUT2D eigenvalue weighted by molar-refractivity contribution is 5.08. The topological polar surface area (TPSA) is 34.0 Å². The van der Waals surface area contributed by atoms with Crippen molar-refractivity contribution in [1.29, 1.82) is 0 Å². The number of piperidine rings is 1. The van der Waals surface area contributed by atoms with Crippen molar-refractivity contribution in [2.75, 3.05) is 19.6 Å². The zero-order valence-electron chi connectivity index (χ0n) is 13.6. The molecule has 0 atom stereocenters. The molecule has 0 N–H and O–H groups in total. The smallest absolute Gasteiger partial charge is 0.136 e. The number of nitrogens with zero attached hydrogens (tertiary/aromatic N) is 4. The third-order valence-corrected chi connectivity index (χ3v) is 5.73. The Morgan fingerprint density at radius 1 is 1.00 bits per heavy atom. The fourth-order valence-corrected chi connectivity index (χ4v) is 4.32. The summed E-state index contributed by atoms with van der Waals surface area (Å²) < 4.78 is 2.40. The van der Waals surface area contributed by atoms with Crippen LogP contribution in [0, 0.1) is 0 Å². The molecule has 3 aliphatic rings. The Kier molecular flexibility index (Phi) is 4.28. The van der Waals surface area contributed by atoms with E-state index >= 15 is 0 Å². The van der Waals surface area contributed by atoms with Crippen LogP contribution in [-0.4, -0.2) is 39.3 Å². The van der Waals surface area contributed by atoms with Crippen LogP contribution in [0.1, 0.15) is 68.9 Å². The Hall–Kier alpha value is -1.16. The van der Waals surface area contributed by atoms with Gasteiger partial charge in [-0.2, -0.15) is 0 Å². The number of allylic oxidation sites excluding steroid dienone is 1. The number of aryl methyl sites for hydroxylation is 1. The average Bonchev–Trinajstić information content (AvgIpc) is 3.18. The second kappa shape index (κ2) is 6.53. The minimum absolute atomic E-state index is 0.643. The molecule has 1 aromatic heterocycles. The molecule has 1 aromatic rings. The Bertz CT molecular complexity index is 537. The van der Waals surface area contributed by atoms with Crippen molar-refractivity contribution in [2.45, 2.75) is 70.3 Å². The molecular weight excluding hydrogens is 272 g/mol. The van der Waals surface area contributed by atoms with Gasteiger partial charge in [-0.1, -0.05) is 11.6 Å². The van der Waals surface area contributed by atoms with E-state index in [1.165, 1.54) is 82.6 Å². The zero-order valence-corrected chi connectivity index (χ0v) is 13.6. The van der Waals surface area contributed by atoms with Gasteiger partial charge >= 0.3 is 0 Å². The van der Waals surface area contributed by atoms with E-state index in [9.17, 15) is 0 Å². The van der Waals surface area contributed by atoms with E-state index in [1.54, 1.807) is 5.57 Å². The molecule has 4 heteroatoms. The molecule has 0 radical (unpaired) electrons. The van der Waals surface area contributed by atoms with E-state index in [-0.39, 0.29) is 0 Å². The van der Waals surface area contributed by atoms with Crippen LogP contribution in [0.15, 0.2) is 11.6 Å². The summed E-state index contributed by atoms with van der Waals surface area (Å²) in [5.41, 5.74) is 1.71. The van der Waals surface area contributed by atoms with Crippen molar-refractivity contribution in [1.82, 2.24) is 19.7 Å². The number of rotatable bonds is 4. The fourth-order valence-electron chi connectivity index (χ4n) is 4.32. The predicted octanol–water partition coefficient (Wildman–Crippen LogP) is 3.29. The van der Waals surface area contributed by atoms with Gasteiger partial charge < -0.3 is 9.47 Å². The van der Waals surface area contributed by atoms with E-state index in [2.05, 4.69) is 25.7 Å². The molecule has 1 fully saturated rings. The SMILES string of the molecule is C1=C(CCN2CCC(c3nnc4n3CCC4)CC2)CCCC1. The highest BCUT2D eigenvalue weighted by Crippen LogP contribution is 2.30. The van der Waals surface area contributed by atoms with Crippen LogP contribution in [0.2, 0.25) is 0 Å². The van der Waals surface area contributed by atoms with Gasteiger partial charge in [-0.3, -0.25) is 0 Å². The highest BCUT2D eigenvalue weighted by Gasteiger charge is 2.27. The van der Waals surface area contributed by atoms with Gasteiger partial charge in [0, 0.05) is 25.4 Å². The van der Waals surface area contributed by atoms with E-state index in [0.717, 1.165) is 13.0 Å². The number of likely N-dealkylation sites (tertiary alicyclic amines) is 1. The van der Waals surface area contributed by atoms with E-state index in [4.69, 9.17) is 0 Å². The van der Waals surface area contributed by atoms with Crippen LogP contribution in [0.4, 0.5) is 0 Å². The molecule has 22 heavy (non-hydrogen) atoms. The first-order valence-corrected chi connectivity index (χ1v) is 9.22.